The molecule has 0 fully saturated rings. The van der Waals surface area contributed by atoms with Crippen molar-refractivity contribution in [3.63, 3.8) is 0 Å². The molecule has 0 unspecified atom stereocenters. The Bertz CT molecular complexity index is 744. The smallest absolute Gasteiger partial charge is 0.225 e. The van der Waals surface area contributed by atoms with Gasteiger partial charge in [0.25, 0.3) is 0 Å². The molecule has 3 aromatic heterocycles. The minimum absolute atomic E-state index is 0.627. The van der Waals surface area contributed by atoms with E-state index in [1.165, 1.54) is 4.88 Å². The lowest BCUT2D eigenvalue weighted by atomic mass is 10.3. The van der Waals surface area contributed by atoms with Gasteiger partial charge in [-0.1, -0.05) is 0 Å². The molecule has 3 heterocycles. The van der Waals surface area contributed by atoms with Crippen LogP contribution in [0.5, 0.6) is 0 Å². The molecule has 0 bridgehead atoms. The Hall–Kier alpha value is -2.15. The molecule has 3 rings (SSSR count). The summed E-state index contributed by atoms with van der Waals surface area (Å²) in [5.41, 5.74) is 0. The Morgan fingerprint density at radius 2 is 2.20 bits per heavy atom. The molecule has 7 heteroatoms. The molecule has 0 radical (unpaired) electrons. The Balaban J connectivity index is 1.95. The quantitative estimate of drug-likeness (QED) is 0.771. The standard InChI is InChI=1S/C13H16N6S/c1-8-6-9-11(16-7-10-15-4-5-19(10)3)17-13(14-2)18-12(9)20-8/h4-6H,7H2,1-3H3,(H2,14,16,17,18). The Morgan fingerprint density at radius 1 is 1.35 bits per heavy atom. The van der Waals surface area contributed by atoms with Gasteiger partial charge in [0.05, 0.1) is 11.9 Å². The summed E-state index contributed by atoms with van der Waals surface area (Å²) in [7, 11) is 3.80. The number of hydrogen-bond donors (Lipinski definition) is 2. The van der Waals surface area contributed by atoms with E-state index in [0.717, 1.165) is 21.9 Å². The van der Waals surface area contributed by atoms with Gasteiger partial charge in [0, 0.05) is 31.4 Å². The predicted molar refractivity (Wildman–Crippen MR) is 82.2 cm³/mol. The summed E-state index contributed by atoms with van der Waals surface area (Å²) in [6.45, 7) is 2.71. The van der Waals surface area contributed by atoms with Crippen molar-refractivity contribution in [2.24, 2.45) is 7.05 Å². The molecule has 2 N–H and O–H groups in total. The monoisotopic (exact) mass is 288 g/mol. The van der Waals surface area contributed by atoms with E-state index in [1.54, 1.807) is 17.5 Å². The van der Waals surface area contributed by atoms with Crippen molar-refractivity contribution in [1.29, 1.82) is 0 Å². The summed E-state index contributed by atoms with van der Waals surface area (Å²) >= 11 is 1.67. The van der Waals surface area contributed by atoms with Crippen LogP contribution < -0.4 is 10.6 Å². The van der Waals surface area contributed by atoms with Crippen molar-refractivity contribution in [3.8, 4) is 0 Å². The fourth-order valence-corrected chi connectivity index (χ4v) is 2.90. The number of thiophene rings is 1. The number of hydrogen-bond acceptors (Lipinski definition) is 6. The predicted octanol–water partition coefficient (Wildman–Crippen LogP) is 2.39. The molecule has 104 valence electrons. The summed E-state index contributed by atoms with van der Waals surface area (Å²) in [5, 5.41) is 7.40. The molecule has 0 aliphatic carbocycles. The molecule has 0 aliphatic heterocycles. The SMILES string of the molecule is CNc1nc(NCc2nccn2C)c2cc(C)sc2n1. The number of rotatable bonds is 4. The minimum atomic E-state index is 0.627. The first-order valence-corrected chi connectivity index (χ1v) is 7.15. The molecule has 6 nitrogen and oxygen atoms in total. The van der Waals surface area contributed by atoms with E-state index in [1.807, 2.05) is 24.9 Å². The van der Waals surface area contributed by atoms with Crippen LogP contribution in [0.3, 0.4) is 0 Å². The summed E-state index contributed by atoms with van der Waals surface area (Å²) in [6.07, 6.45) is 3.72. The Kier molecular flexibility index (Phi) is 3.27. The molecule has 0 amide bonds. The Morgan fingerprint density at radius 3 is 2.90 bits per heavy atom. The number of fused-ring (bicyclic) bond motifs is 1. The van der Waals surface area contributed by atoms with Crippen LogP contribution in [0.4, 0.5) is 11.8 Å². The highest BCUT2D eigenvalue weighted by Crippen LogP contribution is 2.29. The van der Waals surface area contributed by atoms with Gasteiger partial charge < -0.3 is 15.2 Å². The van der Waals surface area contributed by atoms with Crippen LogP contribution >= 0.6 is 11.3 Å². The first-order chi connectivity index (χ1) is 9.67. The summed E-state index contributed by atoms with van der Waals surface area (Å²) < 4.78 is 1.99. The van der Waals surface area contributed by atoms with Gasteiger partial charge in [-0.2, -0.15) is 4.98 Å². The van der Waals surface area contributed by atoms with E-state index >= 15 is 0 Å². The van der Waals surface area contributed by atoms with Crippen molar-refractivity contribution < 1.29 is 0 Å². The molecule has 0 spiro atoms. The maximum atomic E-state index is 4.50. The lowest BCUT2D eigenvalue weighted by molar-refractivity contribution is 0.811. The highest BCUT2D eigenvalue weighted by atomic mass is 32.1. The van der Waals surface area contributed by atoms with Gasteiger partial charge in [-0.25, -0.2) is 9.97 Å². The molecule has 3 aromatic rings. The van der Waals surface area contributed by atoms with E-state index < -0.39 is 0 Å². The number of aromatic nitrogens is 4. The second-order valence-corrected chi connectivity index (χ2v) is 5.76. The minimum Gasteiger partial charge on any atom is -0.362 e. The zero-order chi connectivity index (χ0) is 14.1. The van der Waals surface area contributed by atoms with Crippen LogP contribution in [0.1, 0.15) is 10.7 Å². The van der Waals surface area contributed by atoms with E-state index in [-0.39, 0.29) is 0 Å². The van der Waals surface area contributed by atoms with Crippen LogP contribution in [0, 0.1) is 6.92 Å². The molecule has 20 heavy (non-hydrogen) atoms. The van der Waals surface area contributed by atoms with Crippen LogP contribution in [-0.4, -0.2) is 26.6 Å². The fraction of sp³-hybridized carbons (Fsp3) is 0.308. The summed E-state index contributed by atoms with van der Waals surface area (Å²) in [6, 6.07) is 2.11. The zero-order valence-corrected chi connectivity index (χ0v) is 12.5. The second-order valence-electron chi connectivity index (χ2n) is 4.53. The largest absolute Gasteiger partial charge is 0.362 e. The van der Waals surface area contributed by atoms with Crippen molar-refractivity contribution in [3.05, 3.63) is 29.2 Å². The highest BCUT2D eigenvalue weighted by Gasteiger charge is 2.10. The molecule has 0 aliphatic rings. The molecule has 0 saturated carbocycles. The third-order valence-electron chi connectivity index (χ3n) is 3.07. The average molecular weight is 288 g/mol. The highest BCUT2D eigenvalue weighted by molar-refractivity contribution is 7.18. The average Bonchev–Trinajstić information content (AvgIpc) is 3.00. The van der Waals surface area contributed by atoms with Gasteiger partial charge in [0.1, 0.15) is 16.5 Å². The van der Waals surface area contributed by atoms with Gasteiger partial charge in [0.15, 0.2) is 0 Å². The number of imidazole rings is 1. The first-order valence-electron chi connectivity index (χ1n) is 6.33. The maximum absolute atomic E-state index is 4.50. The van der Waals surface area contributed by atoms with Gasteiger partial charge in [-0.3, -0.25) is 0 Å². The molecule has 0 saturated heterocycles. The maximum Gasteiger partial charge on any atom is 0.225 e. The molecular weight excluding hydrogens is 272 g/mol. The molecular formula is C13H16N6S. The number of anilines is 2. The first kappa shape index (κ1) is 12.9. The van der Waals surface area contributed by atoms with Gasteiger partial charge in [-0.15, -0.1) is 11.3 Å². The van der Waals surface area contributed by atoms with Crippen LogP contribution in [0.25, 0.3) is 10.2 Å². The van der Waals surface area contributed by atoms with Crippen LogP contribution in [-0.2, 0) is 13.6 Å². The van der Waals surface area contributed by atoms with Crippen molar-refractivity contribution in [2.45, 2.75) is 13.5 Å². The van der Waals surface area contributed by atoms with E-state index in [0.29, 0.717) is 12.5 Å². The topological polar surface area (TPSA) is 67.7 Å². The van der Waals surface area contributed by atoms with E-state index in [4.69, 9.17) is 0 Å². The van der Waals surface area contributed by atoms with Crippen molar-refractivity contribution in [1.82, 2.24) is 19.5 Å². The normalized spacial score (nSPS) is 10.9. The Labute approximate surface area is 120 Å². The van der Waals surface area contributed by atoms with Gasteiger partial charge >= 0.3 is 0 Å². The van der Waals surface area contributed by atoms with Crippen LogP contribution in [0.2, 0.25) is 0 Å². The summed E-state index contributed by atoms with van der Waals surface area (Å²) in [4.78, 5) is 15.5. The third kappa shape index (κ3) is 2.32. The van der Waals surface area contributed by atoms with E-state index in [2.05, 4.69) is 38.6 Å². The summed E-state index contributed by atoms with van der Waals surface area (Å²) in [5.74, 6) is 2.43. The van der Waals surface area contributed by atoms with Crippen LogP contribution in [0.15, 0.2) is 18.5 Å². The number of nitrogens with zero attached hydrogens (tertiary/aromatic N) is 4. The van der Waals surface area contributed by atoms with Crippen molar-refractivity contribution in [2.75, 3.05) is 17.7 Å². The van der Waals surface area contributed by atoms with Crippen molar-refractivity contribution >= 4 is 33.3 Å². The zero-order valence-electron chi connectivity index (χ0n) is 11.6. The van der Waals surface area contributed by atoms with E-state index in [9.17, 15) is 0 Å². The fourth-order valence-electron chi connectivity index (χ4n) is 2.02. The van der Waals surface area contributed by atoms with Gasteiger partial charge in [0.2, 0.25) is 5.95 Å². The third-order valence-corrected chi connectivity index (χ3v) is 4.02. The lowest BCUT2D eigenvalue weighted by Gasteiger charge is -2.08. The molecule has 0 aromatic carbocycles. The number of nitrogens with one attached hydrogen (secondary N) is 2. The lowest BCUT2D eigenvalue weighted by Crippen LogP contribution is -2.08. The van der Waals surface area contributed by atoms with Gasteiger partial charge in [-0.05, 0) is 13.0 Å². The molecule has 0 atom stereocenters. The number of aryl methyl sites for hydroxylation is 2. The second kappa shape index (κ2) is 5.09.